The van der Waals surface area contributed by atoms with Gasteiger partial charge in [-0.3, -0.25) is 0 Å². The molecule has 1 aromatic heterocycles. The van der Waals surface area contributed by atoms with E-state index in [2.05, 4.69) is 49.6 Å². The molecule has 0 fully saturated rings. The molecular formula is C19H25NS. The molecule has 1 heterocycles. The maximum atomic E-state index is 3.51. The normalized spacial score (nSPS) is 15.7. The molecule has 1 N–H and O–H groups in total. The Morgan fingerprint density at radius 1 is 1.10 bits per heavy atom. The number of rotatable bonds is 5. The Morgan fingerprint density at radius 3 is 2.48 bits per heavy atom. The summed E-state index contributed by atoms with van der Waals surface area (Å²) in [5.41, 5.74) is 4.46. The average molecular weight is 299 g/mol. The summed E-state index contributed by atoms with van der Waals surface area (Å²) in [4.78, 5) is 3.15. The Hall–Kier alpha value is -1.12. The maximum Gasteiger partial charge on any atom is 0.0453 e. The third-order valence-electron chi connectivity index (χ3n) is 4.58. The van der Waals surface area contributed by atoms with E-state index < -0.39 is 0 Å². The summed E-state index contributed by atoms with van der Waals surface area (Å²) < 4.78 is 0. The van der Waals surface area contributed by atoms with Crippen LogP contribution in [0.4, 0.5) is 0 Å². The molecule has 0 saturated heterocycles. The van der Waals surface area contributed by atoms with Crippen LogP contribution < -0.4 is 5.32 Å². The van der Waals surface area contributed by atoms with Gasteiger partial charge in [0, 0.05) is 15.8 Å². The minimum Gasteiger partial charge on any atom is -0.312 e. The summed E-state index contributed by atoms with van der Waals surface area (Å²) in [6.07, 6.45) is 7.52. The maximum absolute atomic E-state index is 3.51. The lowest BCUT2D eigenvalue weighted by Gasteiger charge is -2.15. The van der Waals surface area contributed by atoms with Gasteiger partial charge in [0.2, 0.25) is 0 Å². The first-order valence-electron chi connectivity index (χ1n) is 8.16. The highest BCUT2D eigenvalue weighted by Crippen LogP contribution is 2.34. The monoisotopic (exact) mass is 299 g/mol. The van der Waals surface area contributed by atoms with Crippen LogP contribution >= 0.6 is 11.3 Å². The molecule has 1 atom stereocenters. The largest absolute Gasteiger partial charge is 0.312 e. The molecule has 3 rings (SSSR count). The molecule has 1 aliphatic rings. The van der Waals surface area contributed by atoms with Gasteiger partial charge in [-0.2, -0.15) is 0 Å². The second kappa shape index (κ2) is 6.76. The molecule has 1 unspecified atom stereocenters. The van der Waals surface area contributed by atoms with Crippen molar-refractivity contribution in [1.29, 1.82) is 0 Å². The second-order valence-corrected chi connectivity index (χ2v) is 7.19. The third kappa shape index (κ3) is 3.38. The van der Waals surface area contributed by atoms with Gasteiger partial charge in [0.25, 0.3) is 0 Å². The topological polar surface area (TPSA) is 12.0 Å². The molecular weight excluding hydrogens is 274 g/mol. The van der Waals surface area contributed by atoms with Crippen molar-refractivity contribution in [3.8, 4) is 0 Å². The number of thiophene rings is 1. The number of nitrogens with one attached hydrogen (secondary N) is 1. The fraction of sp³-hybridized carbons (Fsp3) is 0.474. The highest BCUT2D eigenvalue weighted by atomic mass is 32.1. The van der Waals surface area contributed by atoms with Crippen LogP contribution in [0.15, 0.2) is 30.3 Å². The fourth-order valence-electron chi connectivity index (χ4n) is 3.18. The van der Waals surface area contributed by atoms with E-state index in [9.17, 15) is 0 Å². The summed E-state index contributed by atoms with van der Waals surface area (Å²) in [5, 5.41) is 3.51. The minimum atomic E-state index is 0.452. The average Bonchev–Trinajstić information content (AvgIpc) is 2.97. The van der Waals surface area contributed by atoms with Crippen molar-refractivity contribution in [1.82, 2.24) is 5.32 Å². The highest BCUT2D eigenvalue weighted by molar-refractivity contribution is 7.12. The number of fused-ring (bicyclic) bond motifs is 1. The van der Waals surface area contributed by atoms with E-state index in [4.69, 9.17) is 0 Å². The van der Waals surface area contributed by atoms with Crippen LogP contribution in [-0.4, -0.2) is 7.05 Å². The number of aryl methyl sites for hydroxylation is 3. The van der Waals surface area contributed by atoms with Crippen molar-refractivity contribution in [3.63, 3.8) is 0 Å². The first-order valence-corrected chi connectivity index (χ1v) is 8.98. The van der Waals surface area contributed by atoms with Gasteiger partial charge >= 0.3 is 0 Å². The van der Waals surface area contributed by atoms with E-state index in [-0.39, 0.29) is 0 Å². The quantitative estimate of drug-likeness (QED) is 0.844. The van der Waals surface area contributed by atoms with E-state index in [1.807, 2.05) is 11.3 Å². The van der Waals surface area contributed by atoms with Gasteiger partial charge in [-0.25, -0.2) is 0 Å². The smallest absolute Gasteiger partial charge is 0.0453 e. The summed E-state index contributed by atoms with van der Waals surface area (Å²) >= 11 is 2.03. The number of hydrogen-bond acceptors (Lipinski definition) is 2. The molecule has 2 heteroatoms. The molecule has 0 aliphatic heterocycles. The Balaban J connectivity index is 1.76. The van der Waals surface area contributed by atoms with Crippen LogP contribution in [0, 0.1) is 0 Å². The molecule has 1 nitrogen and oxygen atoms in total. The molecule has 0 saturated carbocycles. The van der Waals surface area contributed by atoms with Gasteiger partial charge in [0.15, 0.2) is 0 Å². The Morgan fingerprint density at radius 2 is 1.81 bits per heavy atom. The van der Waals surface area contributed by atoms with Crippen LogP contribution in [0.1, 0.15) is 52.3 Å². The zero-order valence-electron chi connectivity index (χ0n) is 13.1. The molecule has 1 aliphatic carbocycles. The van der Waals surface area contributed by atoms with Crippen LogP contribution in [0.25, 0.3) is 0 Å². The molecule has 21 heavy (non-hydrogen) atoms. The Kier molecular flexibility index (Phi) is 4.77. The van der Waals surface area contributed by atoms with Crippen LogP contribution in [-0.2, 0) is 25.7 Å². The summed E-state index contributed by atoms with van der Waals surface area (Å²) in [5.74, 6) is 0. The molecule has 0 bridgehead atoms. The van der Waals surface area contributed by atoms with Crippen LogP contribution in [0.3, 0.4) is 0 Å². The molecule has 0 amide bonds. The fourth-order valence-corrected chi connectivity index (χ4v) is 4.54. The summed E-state index contributed by atoms with van der Waals surface area (Å²) in [6, 6.07) is 12.0. The Labute approximate surface area is 132 Å². The first kappa shape index (κ1) is 14.8. The zero-order chi connectivity index (χ0) is 14.7. The lowest BCUT2D eigenvalue weighted by molar-refractivity contribution is 0.601. The van der Waals surface area contributed by atoms with Gasteiger partial charge < -0.3 is 5.32 Å². The Bertz CT molecular complexity index is 559. The lowest BCUT2D eigenvalue weighted by atomic mass is 9.97. The molecule has 0 radical (unpaired) electrons. The summed E-state index contributed by atoms with van der Waals surface area (Å²) in [6.45, 7) is 2.21. The molecule has 2 aromatic rings. The van der Waals surface area contributed by atoms with Crippen molar-refractivity contribution in [2.45, 2.75) is 51.5 Å². The molecule has 112 valence electrons. The predicted molar refractivity (Wildman–Crippen MR) is 92.3 cm³/mol. The van der Waals surface area contributed by atoms with E-state index in [0.717, 1.165) is 12.8 Å². The van der Waals surface area contributed by atoms with Gasteiger partial charge in [-0.1, -0.05) is 31.2 Å². The van der Waals surface area contributed by atoms with Crippen molar-refractivity contribution in [2.24, 2.45) is 0 Å². The predicted octanol–water partition coefficient (Wildman–Crippen LogP) is 4.69. The number of hydrogen-bond donors (Lipinski definition) is 1. The van der Waals surface area contributed by atoms with Crippen LogP contribution in [0.5, 0.6) is 0 Å². The number of likely N-dealkylation sites (N-methyl/N-ethyl adjacent to an activating group) is 1. The van der Waals surface area contributed by atoms with E-state index in [1.165, 1.54) is 41.7 Å². The van der Waals surface area contributed by atoms with Crippen LogP contribution in [0.2, 0.25) is 0 Å². The lowest BCUT2D eigenvalue weighted by Crippen LogP contribution is -2.17. The first-order chi connectivity index (χ1) is 10.3. The zero-order valence-corrected chi connectivity index (χ0v) is 13.9. The molecule has 0 spiro atoms. The van der Waals surface area contributed by atoms with Gasteiger partial charge in [0.1, 0.15) is 0 Å². The van der Waals surface area contributed by atoms with Crippen molar-refractivity contribution in [2.75, 3.05) is 7.05 Å². The summed E-state index contributed by atoms with van der Waals surface area (Å²) in [7, 11) is 2.09. The van der Waals surface area contributed by atoms with E-state index >= 15 is 0 Å². The standard InChI is InChI=1S/C19H25NS/c1-3-14-8-10-15(11-9-14)12-17(20-2)19-13-16-6-4-5-7-18(16)21-19/h8-11,13,17,20H,3-7,12H2,1-2H3. The van der Waals surface area contributed by atoms with E-state index in [0.29, 0.717) is 6.04 Å². The minimum absolute atomic E-state index is 0.452. The van der Waals surface area contributed by atoms with Gasteiger partial charge in [0.05, 0.1) is 0 Å². The van der Waals surface area contributed by atoms with Crippen molar-refractivity contribution in [3.05, 3.63) is 56.8 Å². The highest BCUT2D eigenvalue weighted by Gasteiger charge is 2.18. The number of benzene rings is 1. The van der Waals surface area contributed by atoms with Gasteiger partial charge in [-0.15, -0.1) is 11.3 Å². The van der Waals surface area contributed by atoms with Crippen molar-refractivity contribution < 1.29 is 0 Å². The SMILES string of the molecule is CCc1ccc(CC(NC)c2cc3c(s2)CCCC3)cc1. The van der Waals surface area contributed by atoms with E-state index in [1.54, 1.807) is 10.4 Å². The van der Waals surface area contributed by atoms with Gasteiger partial charge in [-0.05, 0) is 68.3 Å². The second-order valence-electron chi connectivity index (χ2n) is 6.02. The molecule has 1 aromatic carbocycles. The van der Waals surface area contributed by atoms with Crippen molar-refractivity contribution >= 4 is 11.3 Å². The third-order valence-corrected chi connectivity index (χ3v) is 5.93.